The van der Waals surface area contributed by atoms with Crippen molar-refractivity contribution in [2.75, 3.05) is 6.61 Å². The van der Waals surface area contributed by atoms with E-state index in [2.05, 4.69) is 18.2 Å². The van der Waals surface area contributed by atoms with Gasteiger partial charge in [0.15, 0.2) is 0 Å². The number of rotatable bonds is 5. The summed E-state index contributed by atoms with van der Waals surface area (Å²) in [6.45, 7) is 2.60. The highest BCUT2D eigenvalue weighted by Gasteiger charge is 2.20. The van der Waals surface area contributed by atoms with E-state index in [0.717, 1.165) is 16.9 Å². The molecule has 1 aliphatic rings. The Labute approximate surface area is 126 Å². The van der Waals surface area contributed by atoms with Gasteiger partial charge in [0, 0.05) is 0 Å². The van der Waals surface area contributed by atoms with E-state index in [-0.39, 0.29) is 0 Å². The maximum absolute atomic E-state index is 10.6. The number of benzene rings is 2. The summed E-state index contributed by atoms with van der Waals surface area (Å²) in [7, 11) is 0. The van der Waals surface area contributed by atoms with Crippen LogP contribution in [0.1, 0.15) is 54.9 Å². The molecule has 0 bridgehead atoms. The highest BCUT2D eigenvalue weighted by molar-refractivity contribution is 5.37. The van der Waals surface area contributed by atoms with Gasteiger partial charge in [-0.1, -0.05) is 42.8 Å². The zero-order chi connectivity index (χ0) is 14.7. The van der Waals surface area contributed by atoms with Gasteiger partial charge in [-0.2, -0.15) is 0 Å². The summed E-state index contributed by atoms with van der Waals surface area (Å²) < 4.78 is 5.51. The fraction of sp³-hybridized carbons (Fsp3) is 0.368. The SMILES string of the molecule is CCOc1cccc(C(O)c2cccc(C3CCC3)c2)c1. The van der Waals surface area contributed by atoms with Crippen molar-refractivity contribution >= 4 is 0 Å². The summed E-state index contributed by atoms with van der Waals surface area (Å²) >= 11 is 0. The first-order valence-corrected chi connectivity index (χ1v) is 7.78. The number of hydrogen-bond donors (Lipinski definition) is 1. The van der Waals surface area contributed by atoms with Crippen LogP contribution in [0.4, 0.5) is 0 Å². The van der Waals surface area contributed by atoms with E-state index in [1.807, 2.05) is 37.3 Å². The molecule has 1 aliphatic carbocycles. The van der Waals surface area contributed by atoms with Crippen molar-refractivity contribution in [3.63, 3.8) is 0 Å². The molecule has 0 aliphatic heterocycles. The van der Waals surface area contributed by atoms with Crippen molar-refractivity contribution in [3.8, 4) is 5.75 Å². The second kappa shape index (κ2) is 6.31. The molecule has 0 radical (unpaired) electrons. The van der Waals surface area contributed by atoms with Gasteiger partial charge in [-0.15, -0.1) is 0 Å². The highest BCUT2D eigenvalue weighted by Crippen LogP contribution is 2.37. The molecule has 1 saturated carbocycles. The van der Waals surface area contributed by atoms with Gasteiger partial charge in [0.2, 0.25) is 0 Å². The van der Waals surface area contributed by atoms with E-state index in [0.29, 0.717) is 12.5 Å². The van der Waals surface area contributed by atoms with Crippen LogP contribution >= 0.6 is 0 Å². The summed E-state index contributed by atoms with van der Waals surface area (Å²) in [5, 5.41) is 10.6. The maximum Gasteiger partial charge on any atom is 0.119 e. The Bertz CT molecular complexity index is 602. The lowest BCUT2D eigenvalue weighted by atomic mass is 9.79. The maximum atomic E-state index is 10.6. The molecule has 21 heavy (non-hydrogen) atoms. The minimum Gasteiger partial charge on any atom is -0.494 e. The molecule has 2 nitrogen and oxygen atoms in total. The lowest BCUT2D eigenvalue weighted by Crippen LogP contribution is -2.09. The molecule has 0 saturated heterocycles. The molecule has 3 rings (SSSR count). The number of aliphatic hydroxyl groups excluding tert-OH is 1. The molecule has 1 atom stereocenters. The van der Waals surface area contributed by atoms with Crippen LogP contribution in [0.3, 0.4) is 0 Å². The van der Waals surface area contributed by atoms with Crippen LogP contribution in [-0.4, -0.2) is 11.7 Å². The Balaban J connectivity index is 1.83. The first kappa shape index (κ1) is 14.2. The van der Waals surface area contributed by atoms with Gasteiger partial charge in [0.25, 0.3) is 0 Å². The summed E-state index contributed by atoms with van der Waals surface area (Å²) in [4.78, 5) is 0. The summed E-state index contributed by atoms with van der Waals surface area (Å²) in [5.74, 6) is 1.50. The van der Waals surface area contributed by atoms with Crippen molar-refractivity contribution in [1.82, 2.24) is 0 Å². The molecule has 1 N–H and O–H groups in total. The summed E-state index contributed by atoms with van der Waals surface area (Å²) in [6, 6.07) is 16.1. The van der Waals surface area contributed by atoms with Crippen LogP contribution in [0.2, 0.25) is 0 Å². The van der Waals surface area contributed by atoms with Gasteiger partial charge in [-0.3, -0.25) is 0 Å². The Morgan fingerprint density at radius 2 is 1.81 bits per heavy atom. The third-order valence-electron chi connectivity index (χ3n) is 4.29. The van der Waals surface area contributed by atoms with Crippen LogP contribution in [0.25, 0.3) is 0 Å². The molecule has 0 spiro atoms. The highest BCUT2D eigenvalue weighted by atomic mass is 16.5. The van der Waals surface area contributed by atoms with Crippen molar-refractivity contribution < 1.29 is 9.84 Å². The van der Waals surface area contributed by atoms with Crippen LogP contribution in [0.15, 0.2) is 48.5 Å². The minimum absolute atomic E-state index is 0.592. The molecule has 0 aromatic heterocycles. The van der Waals surface area contributed by atoms with Crippen molar-refractivity contribution in [2.45, 2.75) is 38.2 Å². The van der Waals surface area contributed by atoms with E-state index < -0.39 is 6.10 Å². The quantitative estimate of drug-likeness (QED) is 0.878. The number of hydrogen-bond acceptors (Lipinski definition) is 2. The smallest absolute Gasteiger partial charge is 0.119 e. The molecule has 0 heterocycles. The second-order valence-electron chi connectivity index (χ2n) is 5.71. The van der Waals surface area contributed by atoms with E-state index in [4.69, 9.17) is 4.74 Å². The molecule has 2 heteroatoms. The average Bonchev–Trinajstić information content (AvgIpc) is 2.46. The van der Waals surface area contributed by atoms with E-state index in [1.165, 1.54) is 24.8 Å². The predicted octanol–water partition coefficient (Wildman–Crippen LogP) is 4.43. The summed E-state index contributed by atoms with van der Waals surface area (Å²) in [5.41, 5.74) is 3.21. The topological polar surface area (TPSA) is 29.5 Å². The van der Waals surface area contributed by atoms with E-state index >= 15 is 0 Å². The normalized spacial score (nSPS) is 16.3. The lowest BCUT2D eigenvalue weighted by Gasteiger charge is -2.26. The second-order valence-corrected chi connectivity index (χ2v) is 5.71. The molecule has 2 aromatic carbocycles. The average molecular weight is 282 g/mol. The fourth-order valence-electron chi connectivity index (χ4n) is 2.86. The largest absolute Gasteiger partial charge is 0.494 e. The molecule has 1 unspecified atom stereocenters. The van der Waals surface area contributed by atoms with Crippen LogP contribution in [0, 0.1) is 0 Å². The van der Waals surface area contributed by atoms with Crippen molar-refractivity contribution in [3.05, 3.63) is 65.2 Å². The third-order valence-corrected chi connectivity index (χ3v) is 4.29. The van der Waals surface area contributed by atoms with Gasteiger partial charge >= 0.3 is 0 Å². The molecule has 2 aromatic rings. The van der Waals surface area contributed by atoms with Crippen LogP contribution in [0.5, 0.6) is 5.75 Å². The van der Waals surface area contributed by atoms with Crippen molar-refractivity contribution in [2.24, 2.45) is 0 Å². The Morgan fingerprint density at radius 1 is 1.10 bits per heavy atom. The zero-order valence-electron chi connectivity index (χ0n) is 12.5. The third kappa shape index (κ3) is 3.11. The number of ether oxygens (including phenoxy) is 1. The number of aliphatic hydroxyl groups is 1. The van der Waals surface area contributed by atoms with Gasteiger partial charge in [-0.05, 0) is 54.5 Å². The van der Waals surface area contributed by atoms with E-state index in [1.54, 1.807) is 0 Å². The van der Waals surface area contributed by atoms with E-state index in [9.17, 15) is 5.11 Å². The van der Waals surface area contributed by atoms with Gasteiger partial charge in [0.1, 0.15) is 11.9 Å². The van der Waals surface area contributed by atoms with Gasteiger partial charge in [0.05, 0.1) is 6.61 Å². The van der Waals surface area contributed by atoms with Gasteiger partial charge < -0.3 is 9.84 Å². The van der Waals surface area contributed by atoms with Crippen LogP contribution < -0.4 is 4.74 Å². The molecule has 110 valence electrons. The zero-order valence-corrected chi connectivity index (χ0v) is 12.5. The van der Waals surface area contributed by atoms with Crippen molar-refractivity contribution in [1.29, 1.82) is 0 Å². The van der Waals surface area contributed by atoms with Crippen LogP contribution in [-0.2, 0) is 0 Å². The Kier molecular flexibility index (Phi) is 4.26. The Morgan fingerprint density at radius 3 is 2.48 bits per heavy atom. The first-order valence-electron chi connectivity index (χ1n) is 7.78. The first-order chi connectivity index (χ1) is 10.3. The minimum atomic E-state index is -0.592. The lowest BCUT2D eigenvalue weighted by molar-refractivity contribution is 0.219. The molecular weight excluding hydrogens is 260 g/mol. The standard InChI is InChI=1S/C19H22O2/c1-2-21-18-11-5-10-17(13-18)19(20)16-9-4-8-15(12-16)14-6-3-7-14/h4-5,8-14,19-20H,2-3,6-7H2,1H3. The summed E-state index contributed by atoms with van der Waals surface area (Å²) in [6.07, 6.45) is 3.29. The monoisotopic (exact) mass is 282 g/mol. The predicted molar refractivity (Wildman–Crippen MR) is 84.7 cm³/mol. The molecular formula is C19H22O2. The molecule has 1 fully saturated rings. The fourth-order valence-corrected chi connectivity index (χ4v) is 2.86. The molecule has 0 amide bonds. The Hall–Kier alpha value is -1.80. The van der Waals surface area contributed by atoms with Gasteiger partial charge in [-0.25, -0.2) is 0 Å².